The summed E-state index contributed by atoms with van der Waals surface area (Å²) in [5.41, 5.74) is 12.6. The summed E-state index contributed by atoms with van der Waals surface area (Å²) < 4.78 is 2.17. The molecular weight excluding hydrogens is 404 g/mol. The summed E-state index contributed by atoms with van der Waals surface area (Å²) in [7, 11) is 0. The number of benzene rings is 1. The molecule has 3 aromatic heterocycles. The highest BCUT2D eigenvalue weighted by molar-refractivity contribution is 7.98. The monoisotopic (exact) mass is 424 g/mol. The Balaban J connectivity index is 1.54. The summed E-state index contributed by atoms with van der Waals surface area (Å²) >= 11 is 3.24. The second-order valence-corrected chi connectivity index (χ2v) is 8.27. The highest BCUT2D eigenvalue weighted by Gasteiger charge is 2.15. The van der Waals surface area contributed by atoms with Gasteiger partial charge < -0.3 is 16.0 Å². The smallest absolute Gasteiger partial charge is 0.225 e. The lowest BCUT2D eigenvalue weighted by Gasteiger charge is -2.10. The SMILES string of the molecule is Nc1nc(N)nc(CSc2nnc(Cc3cccs3)n2CCc2ccccc2)n1. The molecule has 0 atom stereocenters. The highest BCUT2D eigenvalue weighted by Crippen LogP contribution is 2.23. The largest absolute Gasteiger partial charge is 0.368 e. The first-order valence-electron chi connectivity index (χ1n) is 9.04. The number of hydrogen-bond acceptors (Lipinski definition) is 9. The molecule has 10 heteroatoms. The number of thiophene rings is 1. The van der Waals surface area contributed by atoms with E-state index in [0.717, 1.165) is 30.4 Å². The van der Waals surface area contributed by atoms with Crippen LogP contribution >= 0.6 is 23.1 Å². The fraction of sp³-hybridized carbons (Fsp3) is 0.211. The van der Waals surface area contributed by atoms with Crippen LogP contribution in [-0.2, 0) is 25.1 Å². The number of nitrogens with zero attached hydrogens (tertiary/aromatic N) is 6. The summed E-state index contributed by atoms with van der Waals surface area (Å²) in [4.78, 5) is 13.3. The van der Waals surface area contributed by atoms with Crippen LogP contribution in [0.2, 0.25) is 0 Å². The minimum atomic E-state index is 0.122. The Hall–Kier alpha value is -2.98. The molecule has 8 nitrogen and oxygen atoms in total. The summed E-state index contributed by atoms with van der Waals surface area (Å²) in [6.07, 6.45) is 1.65. The zero-order valence-electron chi connectivity index (χ0n) is 15.6. The van der Waals surface area contributed by atoms with Crippen LogP contribution in [-0.4, -0.2) is 29.7 Å². The van der Waals surface area contributed by atoms with E-state index in [1.165, 1.54) is 22.2 Å². The van der Waals surface area contributed by atoms with Crippen molar-refractivity contribution in [2.45, 2.75) is 30.3 Å². The molecule has 0 bridgehead atoms. The van der Waals surface area contributed by atoms with Crippen LogP contribution in [0, 0.1) is 0 Å². The van der Waals surface area contributed by atoms with Crippen LogP contribution in [0.3, 0.4) is 0 Å². The van der Waals surface area contributed by atoms with Crippen molar-refractivity contribution in [3.63, 3.8) is 0 Å². The van der Waals surface area contributed by atoms with Gasteiger partial charge in [-0.15, -0.1) is 21.5 Å². The van der Waals surface area contributed by atoms with Crippen molar-refractivity contribution in [2.75, 3.05) is 11.5 Å². The molecule has 0 radical (unpaired) electrons. The van der Waals surface area contributed by atoms with Gasteiger partial charge in [0.1, 0.15) is 11.6 Å². The van der Waals surface area contributed by atoms with Crippen molar-refractivity contribution < 1.29 is 0 Å². The third kappa shape index (κ3) is 5.09. The van der Waals surface area contributed by atoms with E-state index < -0.39 is 0 Å². The van der Waals surface area contributed by atoms with Crippen LogP contribution in [0.1, 0.15) is 22.1 Å². The van der Waals surface area contributed by atoms with Gasteiger partial charge in [0, 0.05) is 17.8 Å². The van der Waals surface area contributed by atoms with E-state index in [1.54, 1.807) is 11.3 Å². The highest BCUT2D eigenvalue weighted by atomic mass is 32.2. The van der Waals surface area contributed by atoms with Gasteiger partial charge in [-0.2, -0.15) is 15.0 Å². The van der Waals surface area contributed by atoms with Gasteiger partial charge in [0.2, 0.25) is 11.9 Å². The van der Waals surface area contributed by atoms with Crippen LogP contribution in [0.5, 0.6) is 0 Å². The predicted molar refractivity (Wildman–Crippen MR) is 116 cm³/mol. The van der Waals surface area contributed by atoms with Crippen LogP contribution < -0.4 is 11.5 Å². The number of hydrogen-bond donors (Lipinski definition) is 2. The molecule has 0 unspecified atom stereocenters. The van der Waals surface area contributed by atoms with Gasteiger partial charge in [-0.1, -0.05) is 48.2 Å². The molecule has 148 valence electrons. The molecule has 0 spiro atoms. The first-order chi connectivity index (χ1) is 14.2. The molecule has 4 rings (SSSR count). The number of aromatic nitrogens is 6. The van der Waals surface area contributed by atoms with Gasteiger partial charge in [-0.3, -0.25) is 0 Å². The van der Waals surface area contributed by atoms with Crippen molar-refractivity contribution in [1.29, 1.82) is 0 Å². The first kappa shape index (κ1) is 19.3. The Morgan fingerprint density at radius 1 is 0.931 bits per heavy atom. The Bertz CT molecular complexity index is 1040. The van der Waals surface area contributed by atoms with Gasteiger partial charge in [0.15, 0.2) is 5.16 Å². The molecule has 1 aromatic carbocycles. The molecule has 29 heavy (non-hydrogen) atoms. The zero-order chi connectivity index (χ0) is 20.1. The average molecular weight is 425 g/mol. The molecule has 0 saturated heterocycles. The molecule has 0 saturated carbocycles. The number of aryl methyl sites for hydroxylation is 1. The number of thioether (sulfide) groups is 1. The molecule has 0 fully saturated rings. The third-order valence-corrected chi connectivity index (χ3v) is 6.06. The zero-order valence-corrected chi connectivity index (χ0v) is 17.2. The van der Waals surface area contributed by atoms with Crippen molar-refractivity contribution in [2.24, 2.45) is 0 Å². The third-order valence-electron chi connectivity index (χ3n) is 4.22. The van der Waals surface area contributed by atoms with E-state index in [1.807, 2.05) is 6.07 Å². The van der Waals surface area contributed by atoms with E-state index in [4.69, 9.17) is 11.5 Å². The summed E-state index contributed by atoms with van der Waals surface area (Å²) in [6, 6.07) is 14.6. The topological polar surface area (TPSA) is 121 Å². The summed E-state index contributed by atoms with van der Waals surface area (Å²) in [5, 5.41) is 11.8. The lowest BCUT2D eigenvalue weighted by Crippen LogP contribution is -2.09. The first-order valence-corrected chi connectivity index (χ1v) is 10.9. The molecule has 0 amide bonds. The molecule has 4 N–H and O–H groups in total. The maximum atomic E-state index is 5.67. The molecular formula is C19H20N8S2. The van der Waals surface area contributed by atoms with Crippen LogP contribution in [0.25, 0.3) is 0 Å². The Morgan fingerprint density at radius 3 is 2.45 bits per heavy atom. The van der Waals surface area contributed by atoms with E-state index in [0.29, 0.717) is 11.6 Å². The Labute approximate surface area is 176 Å². The number of rotatable bonds is 8. The maximum absolute atomic E-state index is 5.67. The van der Waals surface area contributed by atoms with Gasteiger partial charge in [-0.05, 0) is 23.4 Å². The van der Waals surface area contributed by atoms with E-state index in [9.17, 15) is 0 Å². The Morgan fingerprint density at radius 2 is 1.72 bits per heavy atom. The molecule has 0 aliphatic heterocycles. The minimum absolute atomic E-state index is 0.122. The number of nitrogen functional groups attached to an aromatic ring is 2. The fourth-order valence-corrected chi connectivity index (χ4v) is 4.43. The second kappa shape index (κ2) is 9.01. The number of nitrogens with two attached hydrogens (primary N) is 2. The average Bonchev–Trinajstić information content (AvgIpc) is 3.35. The lowest BCUT2D eigenvalue weighted by atomic mass is 10.1. The van der Waals surface area contributed by atoms with Gasteiger partial charge in [0.05, 0.1) is 5.75 Å². The molecule has 0 aliphatic carbocycles. The van der Waals surface area contributed by atoms with Crippen molar-refractivity contribution in [1.82, 2.24) is 29.7 Å². The predicted octanol–water partition coefficient (Wildman–Crippen LogP) is 2.81. The minimum Gasteiger partial charge on any atom is -0.368 e. The molecule has 4 aromatic rings. The lowest BCUT2D eigenvalue weighted by molar-refractivity contribution is 0.610. The Kier molecular flexibility index (Phi) is 6.01. The number of anilines is 2. The molecule has 0 aliphatic rings. The summed E-state index contributed by atoms with van der Waals surface area (Å²) in [6.45, 7) is 0.793. The van der Waals surface area contributed by atoms with Crippen LogP contribution in [0.4, 0.5) is 11.9 Å². The van der Waals surface area contributed by atoms with Crippen LogP contribution in [0.15, 0.2) is 53.0 Å². The van der Waals surface area contributed by atoms with Crippen molar-refractivity contribution >= 4 is 35.0 Å². The quantitative estimate of drug-likeness (QED) is 0.414. The van der Waals surface area contributed by atoms with Gasteiger partial charge in [0.25, 0.3) is 0 Å². The summed E-state index contributed by atoms with van der Waals surface area (Å²) in [5.74, 6) is 2.20. The van der Waals surface area contributed by atoms with E-state index in [2.05, 4.69) is 71.5 Å². The van der Waals surface area contributed by atoms with Crippen molar-refractivity contribution in [3.05, 3.63) is 69.9 Å². The second-order valence-electron chi connectivity index (χ2n) is 6.30. The van der Waals surface area contributed by atoms with E-state index in [-0.39, 0.29) is 11.9 Å². The fourth-order valence-electron chi connectivity index (χ4n) is 2.89. The normalized spacial score (nSPS) is 11.0. The van der Waals surface area contributed by atoms with Gasteiger partial charge >= 0.3 is 0 Å². The standard InChI is InChI=1S/C19H20N8S2/c20-17-22-15(23-18(21)24-17)12-29-19-26-25-16(11-14-7-4-10-28-14)27(19)9-8-13-5-2-1-3-6-13/h1-7,10H,8-9,11-12H2,(H4,20,21,22,23,24). The maximum Gasteiger partial charge on any atom is 0.225 e. The van der Waals surface area contributed by atoms with Gasteiger partial charge in [-0.25, -0.2) is 0 Å². The molecule has 3 heterocycles. The van der Waals surface area contributed by atoms with Crippen molar-refractivity contribution in [3.8, 4) is 0 Å². The van der Waals surface area contributed by atoms with E-state index >= 15 is 0 Å².